The third-order valence-corrected chi connectivity index (χ3v) is 3.19. The Bertz CT molecular complexity index is 608. The lowest BCUT2D eigenvalue weighted by atomic mass is 10.1. The molecule has 0 atom stereocenters. The second kappa shape index (κ2) is 6.30. The van der Waals surface area contributed by atoms with Gasteiger partial charge in [-0.2, -0.15) is 0 Å². The van der Waals surface area contributed by atoms with Crippen LogP contribution in [0.3, 0.4) is 0 Å². The molecule has 1 aromatic carbocycles. The maximum absolute atomic E-state index is 13.6. The molecule has 1 heterocycles. The van der Waals surface area contributed by atoms with Gasteiger partial charge in [0.2, 0.25) is 11.8 Å². The van der Waals surface area contributed by atoms with Gasteiger partial charge < -0.3 is 5.11 Å². The van der Waals surface area contributed by atoms with Crippen molar-refractivity contribution in [3.05, 3.63) is 41.2 Å². The van der Waals surface area contributed by atoms with Crippen LogP contribution in [0.1, 0.15) is 30.4 Å². The van der Waals surface area contributed by atoms with Gasteiger partial charge in [-0.3, -0.25) is 14.5 Å². The molecule has 6 heteroatoms. The first-order valence-corrected chi connectivity index (χ1v) is 6.50. The molecule has 2 amide bonds. The Hall–Kier alpha value is -2.50. The van der Waals surface area contributed by atoms with Crippen LogP contribution in [-0.2, 0) is 20.9 Å². The van der Waals surface area contributed by atoms with Crippen LogP contribution in [0.25, 0.3) is 6.08 Å². The molecule has 1 aromatic rings. The van der Waals surface area contributed by atoms with E-state index in [-0.39, 0.29) is 23.9 Å². The van der Waals surface area contributed by atoms with Crippen LogP contribution < -0.4 is 0 Å². The minimum Gasteiger partial charge on any atom is -0.478 e. The molecule has 110 valence electrons. The number of carboxylic acids is 1. The summed E-state index contributed by atoms with van der Waals surface area (Å²) in [5, 5.41) is 8.56. The second-order valence-corrected chi connectivity index (χ2v) is 4.75. The summed E-state index contributed by atoms with van der Waals surface area (Å²) < 4.78 is 13.6. The van der Waals surface area contributed by atoms with E-state index in [0.29, 0.717) is 24.8 Å². The molecular weight excluding hydrogens is 277 g/mol. The van der Waals surface area contributed by atoms with Crippen molar-refractivity contribution in [3.8, 4) is 0 Å². The minimum atomic E-state index is -1.18. The molecule has 2 rings (SSSR count). The van der Waals surface area contributed by atoms with Crippen LogP contribution in [0.2, 0.25) is 0 Å². The first-order chi connectivity index (χ1) is 9.97. The van der Waals surface area contributed by atoms with E-state index >= 15 is 0 Å². The van der Waals surface area contributed by atoms with Crippen molar-refractivity contribution in [1.82, 2.24) is 4.90 Å². The number of carbonyl (C=O) groups excluding carboxylic acids is 2. The molecule has 0 saturated carbocycles. The summed E-state index contributed by atoms with van der Waals surface area (Å²) >= 11 is 0. The Morgan fingerprint density at radius 2 is 1.95 bits per heavy atom. The smallest absolute Gasteiger partial charge is 0.328 e. The molecule has 0 radical (unpaired) electrons. The van der Waals surface area contributed by atoms with E-state index in [9.17, 15) is 18.8 Å². The highest BCUT2D eigenvalue weighted by Crippen LogP contribution is 2.18. The molecule has 1 fully saturated rings. The van der Waals surface area contributed by atoms with Gasteiger partial charge in [0, 0.05) is 24.5 Å². The van der Waals surface area contributed by atoms with Crippen molar-refractivity contribution in [3.63, 3.8) is 0 Å². The molecule has 0 aliphatic carbocycles. The number of carboxylic acid groups (broad SMARTS) is 1. The number of carbonyl (C=O) groups is 3. The van der Waals surface area contributed by atoms with E-state index in [4.69, 9.17) is 5.11 Å². The quantitative estimate of drug-likeness (QED) is 0.679. The van der Waals surface area contributed by atoms with Crippen molar-refractivity contribution in [2.75, 3.05) is 0 Å². The summed E-state index contributed by atoms with van der Waals surface area (Å²) in [6.45, 7) is 0.0753. The van der Waals surface area contributed by atoms with E-state index in [1.165, 1.54) is 18.2 Å². The molecule has 1 saturated heterocycles. The second-order valence-electron chi connectivity index (χ2n) is 4.75. The Kier molecular flexibility index (Phi) is 4.47. The molecule has 0 unspecified atom stereocenters. The molecule has 5 nitrogen and oxygen atoms in total. The number of piperidine rings is 1. The number of imide groups is 1. The number of benzene rings is 1. The molecule has 0 bridgehead atoms. The van der Waals surface area contributed by atoms with Crippen LogP contribution >= 0.6 is 0 Å². The van der Waals surface area contributed by atoms with E-state index in [2.05, 4.69) is 0 Å². The van der Waals surface area contributed by atoms with E-state index < -0.39 is 11.8 Å². The maximum Gasteiger partial charge on any atom is 0.328 e. The first kappa shape index (κ1) is 14.9. The summed E-state index contributed by atoms with van der Waals surface area (Å²) in [4.78, 5) is 35.0. The number of hydrogen-bond donors (Lipinski definition) is 1. The van der Waals surface area contributed by atoms with Crippen LogP contribution in [0.15, 0.2) is 24.3 Å². The summed E-state index contributed by atoms with van der Waals surface area (Å²) in [5.74, 6) is -2.22. The zero-order valence-electron chi connectivity index (χ0n) is 11.2. The molecule has 1 aliphatic rings. The Morgan fingerprint density at radius 3 is 2.57 bits per heavy atom. The molecule has 21 heavy (non-hydrogen) atoms. The van der Waals surface area contributed by atoms with Gasteiger partial charge in [0.25, 0.3) is 0 Å². The fourth-order valence-corrected chi connectivity index (χ4v) is 2.14. The van der Waals surface area contributed by atoms with Crippen molar-refractivity contribution in [2.45, 2.75) is 25.8 Å². The number of rotatable bonds is 4. The van der Waals surface area contributed by atoms with Gasteiger partial charge in [-0.1, -0.05) is 6.07 Å². The van der Waals surface area contributed by atoms with Gasteiger partial charge in [-0.05, 0) is 30.2 Å². The number of aliphatic carboxylic acids is 1. The topological polar surface area (TPSA) is 74.7 Å². The average molecular weight is 291 g/mol. The van der Waals surface area contributed by atoms with Crippen LogP contribution in [0.5, 0.6) is 0 Å². The highest BCUT2D eigenvalue weighted by atomic mass is 19.1. The predicted molar refractivity (Wildman–Crippen MR) is 72.5 cm³/mol. The lowest BCUT2D eigenvalue weighted by molar-refractivity contribution is -0.148. The zero-order chi connectivity index (χ0) is 15.4. The molecular formula is C15H14FNO4. The number of halogens is 1. The van der Waals surface area contributed by atoms with Gasteiger partial charge in [0.1, 0.15) is 5.82 Å². The number of hydrogen-bond acceptors (Lipinski definition) is 3. The van der Waals surface area contributed by atoms with Crippen molar-refractivity contribution in [1.29, 1.82) is 0 Å². The maximum atomic E-state index is 13.6. The minimum absolute atomic E-state index is 0.0753. The van der Waals surface area contributed by atoms with Gasteiger partial charge in [0.15, 0.2) is 0 Å². The number of nitrogens with zero attached hydrogens (tertiary/aromatic N) is 1. The molecule has 1 aliphatic heterocycles. The number of likely N-dealkylation sites (tertiary alicyclic amines) is 1. The summed E-state index contributed by atoms with van der Waals surface area (Å²) in [7, 11) is 0. The predicted octanol–water partition coefficient (Wildman–Crippen LogP) is 1.96. The van der Waals surface area contributed by atoms with Gasteiger partial charge in [0.05, 0.1) is 6.54 Å². The Morgan fingerprint density at radius 1 is 1.29 bits per heavy atom. The standard InChI is InChI=1S/C15H14FNO4/c16-12-6-4-10(8-11(12)5-7-15(20)21)9-17-13(18)2-1-3-14(17)19/h4-8H,1-3,9H2,(H,20,21). The largest absolute Gasteiger partial charge is 0.478 e. The highest BCUT2D eigenvalue weighted by Gasteiger charge is 2.25. The third-order valence-electron chi connectivity index (χ3n) is 3.19. The fraction of sp³-hybridized carbons (Fsp3) is 0.267. The fourth-order valence-electron chi connectivity index (χ4n) is 2.14. The summed E-state index contributed by atoms with van der Waals surface area (Å²) in [6.07, 6.45) is 3.20. The van der Waals surface area contributed by atoms with Crippen molar-refractivity contribution < 1.29 is 23.9 Å². The highest BCUT2D eigenvalue weighted by molar-refractivity contribution is 5.97. The van der Waals surface area contributed by atoms with Gasteiger partial charge in [-0.15, -0.1) is 0 Å². The lowest BCUT2D eigenvalue weighted by Crippen LogP contribution is -2.39. The van der Waals surface area contributed by atoms with E-state index in [1.807, 2.05) is 0 Å². The third kappa shape index (κ3) is 3.75. The Balaban J connectivity index is 2.20. The van der Waals surface area contributed by atoms with Gasteiger partial charge >= 0.3 is 5.97 Å². The van der Waals surface area contributed by atoms with Crippen molar-refractivity contribution in [2.24, 2.45) is 0 Å². The number of amides is 2. The lowest BCUT2D eigenvalue weighted by Gasteiger charge is -2.25. The molecule has 0 aromatic heterocycles. The van der Waals surface area contributed by atoms with Crippen LogP contribution in [0.4, 0.5) is 4.39 Å². The summed E-state index contributed by atoms with van der Waals surface area (Å²) in [5.41, 5.74) is 0.678. The summed E-state index contributed by atoms with van der Waals surface area (Å²) in [6, 6.07) is 4.10. The SMILES string of the molecule is O=C(O)C=Cc1cc(CN2C(=O)CCCC2=O)ccc1F. The van der Waals surface area contributed by atoms with E-state index in [1.54, 1.807) is 0 Å². The van der Waals surface area contributed by atoms with E-state index in [0.717, 1.165) is 17.1 Å². The molecule has 1 N–H and O–H groups in total. The van der Waals surface area contributed by atoms with Crippen molar-refractivity contribution >= 4 is 23.9 Å². The monoisotopic (exact) mass is 291 g/mol. The zero-order valence-corrected chi connectivity index (χ0v) is 11.2. The van der Waals surface area contributed by atoms with Crippen LogP contribution in [-0.4, -0.2) is 27.8 Å². The molecule has 0 spiro atoms. The first-order valence-electron chi connectivity index (χ1n) is 6.50. The Labute approximate surface area is 120 Å². The van der Waals surface area contributed by atoms with Gasteiger partial charge in [-0.25, -0.2) is 9.18 Å². The normalized spacial score (nSPS) is 15.8. The average Bonchev–Trinajstić information content (AvgIpc) is 2.43. The van der Waals surface area contributed by atoms with Crippen LogP contribution in [0, 0.1) is 5.82 Å².